The van der Waals surface area contributed by atoms with Crippen molar-refractivity contribution < 1.29 is 5.11 Å². The highest BCUT2D eigenvalue weighted by Gasteiger charge is 2.05. The lowest BCUT2D eigenvalue weighted by atomic mass is 10.2. The van der Waals surface area contributed by atoms with Gasteiger partial charge in [-0.05, 0) is 6.42 Å². The number of hydrogen-bond donors (Lipinski definition) is 2. The molecule has 1 heterocycles. The van der Waals surface area contributed by atoms with Crippen LogP contribution in [-0.4, -0.2) is 16.7 Å². The summed E-state index contributed by atoms with van der Waals surface area (Å²) in [5.74, 6) is 0. The molecule has 0 unspecified atom stereocenters. The Hall–Kier alpha value is -0.450. The molecule has 3 nitrogen and oxygen atoms in total. The van der Waals surface area contributed by atoms with Crippen LogP contribution in [0.15, 0.2) is 11.7 Å². The molecule has 0 saturated heterocycles. The van der Waals surface area contributed by atoms with Gasteiger partial charge < -0.3 is 10.8 Å². The zero-order chi connectivity index (χ0) is 7.40. The second-order valence-electron chi connectivity index (χ2n) is 2.02. The molecule has 0 saturated carbocycles. The Morgan fingerprint density at radius 1 is 1.80 bits per heavy atom. The van der Waals surface area contributed by atoms with Crippen LogP contribution in [0, 0.1) is 0 Å². The van der Waals surface area contributed by atoms with Gasteiger partial charge in [-0.1, -0.05) is 0 Å². The van der Waals surface area contributed by atoms with E-state index in [9.17, 15) is 0 Å². The van der Waals surface area contributed by atoms with Crippen LogP contribution >= 0.6 is 11.3 Å². The Balaban J connectivity index is 2.50. The number of aliphatic hydroxyl groups excluding tert-OH is 1. The van der Waals surface area contributed by atoms with Crippen molar-refractivity contribution in [1.82, 2.24) is 4.98 Å². The molecule has 0 aliphatic rings. The zero-order valence-electron chi connectivity index (χ0n) is 5.53. The highest BCUT2D eigenvalue weighted by atomic mass is 32.1. The average Bonchev–Trinajstić information content (AvgIpc) is 2.38. The number of aromatic nitrogens is 1. The predicted molar refractivity (Wildman–Crippen MR) is 40.7 cm³/mol. The first-order valence-corrected chi connectivity index (χ1v) is 3.97. The van der Waals surface area contributed by atoms with Crippen molar-refractivity contribution in [2.75, 3.05) is 6.61 Å². The van der Waals surface area contributed by atoms with Gasteiger partial charge in [0.15, 0.2) is 0 Å². The highest BCUT2D eigenvalue weighted by Crippen LogP contribution is 2.16. The summed E-state index contributed by atoms with van der Waals surface area (Å²) < 4.78 is 0. The number of hydrogen-bond acceptors (Lipinski definition) is 4. The van der Waals surface area contributed by atoms with Crippen LogP contribution in [-0.2, 0) is 0 Å². The third kappa shape index (κ3) is 1.76. The van der Waals surface area contributed by atoms with Gasteiger partial charge in [-0.15, -0.1) is 11.3 Å². The molecule has 10 heavy (non-hydrogen) atoms. The molecule has 0 bridgehead atoms. The quantitative estimate of drug-likeness (QED) is 0.674. The van der Waals surface area contributed by atoms with Gasteiger partial charge in [0.2, 0.25) is 0 Å². The molecule has 0 radical (unpaired) electrons. The number of aliphatic hydroxyl groups is 1. The number of rotatable bonds is 3. The third-order valence-corrected chi connectivity index (χ3v) is 2.16. The minimum Gasteiger partial charge on any atom is -0.396 e. The maximum Gasteiger partial charge on any atom is 0.0794 e. The molecular weight excluding hydrogens is 148 g/mol. The van der Waals surface area contributed by atoms with Crippen LogP contribution in [0.3, 0.4) is 0 Å². The van der Waals surface area contributed by atoms with Crippen LogP contribution in [0.5, 0.6) is 0 Å². The second kappa shape index (κ2) is 3.65. The summed E-state index contributed by atoms with van der Waals surface area (Å²) in [5.41, 5.74) is 7.40. The second-order valence-corrected chi connectivity index (χ2v) is 2.94. The maximum absolute atomic E-state index is 8.54. The third-order valence-electron chi connectivity index (χ3n) is 1.26. The van der Waals surface area contributed by atoms with Gasteiger partial charge >= 0.3 is 0 Å². The molecule has 4 heteroatoms. The number of thiazole rings is 1. The molecular formula is C6H10N2OS. The van der Waals surface area contributed by atoms with Crippen molar-refractivity contribution in [2.24, 2.45) is 5.73 Å². The first-order valence-electron chi connectivity index (χ1n) is 3.09. The molecule has 56 valence electrons. The smallest absolute Gasteiger partial charge is 0.0794 e. The van der Waals surface area contributed by atoms with E-state index in [1.54, 1.807) is 11.7 Å². The summed E-state index contributed by atoms with van der Waals surface area (Å²) in [6.45, 7) is 0.138. The SMILES string of the molecule is N[C@@H](CCO)c1cncs1. The molecule has 1 atom stereocenters. The molecule has 0 aromatic carbocycles. The first-order chi connectivity index (χ1) is 4.84. The van der Waals surface area contributed by atoms with E-state index in [-0.39, 0.29) is 12.6 Å². The van der Waals surface area contributed by atoms with E-state index in [1.807, 2.05) is 0 Å². The minimum absolute atomic E-state index is 0.0440. The average molecular weight is 158 g/mol. The van der Waals surface area contributed by atoms with Crippen molar-refractivity contribution >= 4 is 11.3 Å². The normalized spacial score (nSPS) is 13.4. The standard InChI is InChI=1S/C6H10N2OS/c7-5(1-2-9)6-3-8-4-10-6/h3-5,9H,1-2,7H2/t5-/m0/s1. The molecule has 0 aliphatic carbocycles. The molecule has 1 aromatic heterocycles. The van der Waals surface area contributed by atoms with Gasteiger partial charge in [0.1, 0.15) is 0 Å². The van der Waals surface area contributed by atoms with Crippen molar-refractivity contribution in [3.8, 4) is 0 Å². The number of nitrogens with two attached hydrogens (primary N) is 1. The van der Waals surface area contributed by atoms with Crippen molar-refractivity contribution in [1.29, 1.82) is 0 Å². The van der Waals surface area contributed by atoms with E-state index in [2.05, 4.69) is 4.98 Å². The fourth-order valence-corrected chi connectivity index (χ4v) is 1.35. The minimum atomic E-state index is -0.0440. The summed E-state index contributed by atoms with van der Waals surface area (Å²) in [4.78, 5) is 4.92. The maximum atomic E-state index is 8.54. The Kier molecular flexibility index (Phi) is 2.80. The highest BCUT2D eigenvalue weighted by molar-refractivity contribution is 7.09. The fourth-order valence-electron chi connectivity index (χ4n) is 0.690. The van der Waals surface area contributed by atoms with Crippen LogP contribution in [0.1, 0.15) is 17.3 Å². The summed E-state index contributed by atoms with van der Waals surface area (Å²) in [5, 5.41) is 8.54. The van der Waals surface area contributed by atoms with Gasteiger partial charge in [-0.2, -0.15) is 0 Å². The molecule has 3 N–H and O–H groups in total. The van der Waals surface area contributed by atoms with Crippen LogP contribution in [0.25, 0.3) is 0 Å². The van der Waals surface area contributed by atoms with Gasteiger partial charge in [-0.25, -0.2) is 0 Å². The van der Waals surface area contributed by atoms with E-state index in [0.29, 0.717) is 6.42 Å². The van der Waals surface area contributed by atoms with Crippen molar-refractivity contribution in [3.63, 3.8) is 0 Å². The van der Waals surface area contributed by atoms with E-state index in [4.69, 9.17) is 10.8 Å². The van der Waals surface area contributed by atoms with Gasteiger partial charge in [0.25, 0.3) is 0 Å². The summed E-state index contributed by atoms with van der Waals surface area (Å²) in [6.07, 6.45) is 2.35. The van der Waals surface area contributed by atoms with Crippen LogP contribution in [0.4, 0.5) is 0 Å². The Bertz CT molecular complexity index is 176. The fraction of sp³-hybridized carbons (Fsp3) is 0.500. The Morgan fingerprint density at radius 2 is 2.60 bits per heavy atom. The Morgan fingerprint density at radius 3 is 3.10 bits per heavy atom. The van der Waals surface area contributed by atoms with Crippen LogP contribution < -0.4 is 5.73 Å². The molecule has 0 fully saturated rings. The lowest BCUT2D eigenvalue weighted by Crippen LogP contribution is -2.09. The summed E-state index contributed by atoms with van der Waals surface area (Å²) in [7, 11) is 0. The van der Waals surface area contributed by atoms with E-state index < -0.39 is 0 Å². The topological polar surface area (TPSA) is 59.1 Å². The molecule has 1 aromatic rings. The largest absolute Gasteiger partial charge is 0.396 e. The van der Waals surface area contributed by atoms with Crippen LogP contribution in [0.2, 0.25) is 0 Å². The summed E-state index contributed by atoms with van der Waals surface area (Å²) >= 11 is 1.52. The first kappa shape index (κ1) is 7.65. The Labute approximate surface area is 63.5 Å². The van der Waals surface area contributed by atoms with Crippen molar-refractivity contribution in [3.05, 3.63) is 16.6 Å². The summed E-state index contributed by atoms with van der Waals surface area (Å²) in [6, 6.07) is -0.0440. The lowest BCUT2D eigenvalue weighted by molar-refractivity contribution is 0.277. The molecule has 0 amide bonds. The molecule has 0 aliphatic heterocycles. The van der Waals surface area contributed by atoms with Gasteiger partial charge in [-0.3, -0.25) is 4.98 Å². The lowest BCUT2D eigenvalue weighted by Gasteiger charge is -2.04. The molecule has 1 rings (SSSR count). The van der Waals surface area contributed by atoms with Gasteiger partial charge in [0.05, 0.1) is 5.51 Å². The number of nitrogens with zero attached hydrogens (tertiary/aromatic N) is 1. The van der Waals surface area contributed by atoms with Gasteiger partial charge in [0, 0.05) is 23.7 Å². The van der Waals surface area contributed by atoms with E-state index >= 15 is 0 Å². The van der Waals surface area contributed by atoms with Crippen molar-refractivity contribution in [2.45, 2.75) is 12.5 Å². The monoisotopic (exact) mass is 158 g/mol. The predicted octanol–water partition coefficient (Wildman–Crippen LogP) is 0.525. The van der Waals surface area contributed by atoms with E-state index in [0.717, 1.165) is 4.88 Å². The van der Waals surface area contributed by atoms with E-state index in [1.165, 1.54) is 11.3 Å². The molecule has 0 spiro atoms. The zero-order valence-corrected chi connectivity index (χ0v) is 6.34.